The van der Waals surface area contributed by atoms with E-state index in [9.17, 15) is 0 Å². The van der Waals surface area contributed by atoms with Crippen molar-refractivity contribution < 1.29 is 9.47 Å². The number of methoxy groups -OCH3 is 1. The van der Waals surface area contributed by atoms with E-state index in [1.165, 1.54) is 0 Å². The third-order valence-electron chi connectivity index (χ3n) is 2.60. The second-order valence-corrected chi connectivity index (χ2v) is 4.91. The summed E-state index contributed by atoms with van der Waals surface area (Å²) < 4.78 is 11.5. The number of benzene rings is 1. The highest BCUT2D eigenvalue weighted by molar-refractivity contribution is 9.10. The predicted molar refractivity (Wildman–Crippen MR) is 80.2 cm³/mol. The fourth-order valence-electron chi connectivity index (χ4n) is 1.55. The maximum Gasteiger partial charge on any atom is 0.321 e. The number of rotatable bonds is 6. The molecule has 106 valence electrons. The zero-order chi connectivity index (χ0) is 14.4. The van der Waals surface area contributed by atoms with Crippen molar-refractivity contribution in [3.05, 3.63) is 40.6 Å². The van der Waals surface area contributed by atoms with Gasteiger partial charge in [-0.15, -0.1) is 0 Å². The monoisotopic (exact) mass is 337 g/mol. The van der Waals surface area contributed by atoms with Crippen molar-refractivity contribution in [2.24, 2.45) is 0 Å². The normalized spacial score (nSPS) is 10.3. The molecule has 0 saturated carbocycles. The van der Waals surface area contributed by atoms with Crippen LogP contribution in [0.1, 0.15) is 12.5 Å². The molecule has 0 aliphatic rings. The van der Waals surface area contributed by atoms with Crippen LogP contribution in [0.2, 0.25) is 0 Å². The molecule has 1 N–H and O–H groups in total. The predicted octanol–water partition coefficient (Wildman–Crippen LogP) is 3.15. The fourth-order valence-corrected chi connectivity index (χ4v) is 1.98. The van der Waals surface area contributed by atoms with Crippen molar-refractivity contribution in [3.63, 3.8) is 0 Å². The average molecular weight is 338 g/mol. The molecular weight excluding hydrogens is 322 g/mol. The zero-order valence-electron chi connectivity index (χ0n) is 11.4. The van der Waals surface area contributed by atoms with Gasteiger partial charge in [0.25, 0.3) is 0 Å². The second-order valence-electron chi connectivity index (χ2n) is 4.05. The molecule has 2 aromatic rings. The molecule has 0 radical (unpaired) electrons. The van der Waals surface area contributed by atoms with Crippen LogP contribution in [-0.2, 0) is 6.54 Å². The van der Waals surface area contributed by atoms with E-state index in [-0.39, 0.29) is 0 Å². The van der Waals surface area contributed by atoms with Crippen LogP contribution < -0.4 is 14.8 Å². The molecule has 5 nitrogen and oxygen atoms in total. The van der Waals surface area contributed by atoms with Gasteiger partial charge in [-0.25, -0.2) is 9.97 Å². The second kappa shape index (κ2) is 7.21. The van der Waals surface area contributed by atoms with Gasteiger partial charge in [-0.3, -0.25) is 0 Å². The number of aromatic nitrogens is 2. The Hall–Kier alpha value is -1.66. The molecule has 1 heterocycles. The quantitative estimate of drug-likeness (QED) is 0.877. The van der Waals surface area contributed by atoms with Crippen LogP contribution in [0.4, 0.5) is 0 Å². The molecule has 0 saturated heterocycles. The van der Waals surface area contributed by atoms with Crippen molar-refractivity contribution in [1.82, 2.24) is 15.3 Å². The summed E-state index contributed by atoms with van der Waals surface area (Å²) in [6.07, 6.45) is 3.50. The zero-order valence-corrected chi connectivity index (χ0v) is 13.0. The first kappa shape index (κ1) is 14.7. The highest BCUT2D eigenvalue weighted by Crippen LogP contribution is 2.31. The summed E-state index contributed by atoms with van der Waals surface area (Å²) in [5, 5.41) is 3.21. The first-order chi connectivity index (χ1) is 9.72. The Morgan fingerprint density at radius 1 is 1.25 bits per heavy atom. The van der Waals surface area contributed by atoms with E-state index < -0.39 is 0 Å². The van der Waals surface area contributed by atoms with Crippen molar-refractivity contribution >= 4 is 15.9 Å². The van der Waals surface area contributed by atoms with Crippen LogP contribution in [0.3, 0.4) is 0 Å². The first-order valence-electron chi connectivity index (χ1n) is 6.26. The Labute approximate surface area is 126 Å². The molecule has 0 atom stereocenters. The molecule has 0 aliphatic heterocycles. The Bertz CT molecular complexity index is 561. The highest BCUT2D eigenvalue weighted by Gasteiger charge is 2.06. The van der Waals surface area contributed by atoms with Crippen LogP contribution in [0.15, 0.2) is 35.1 Å². The van der Waals surface area contributed by atoms with E-state index >= 15 is 0 Å². The molecule has 6 heteroatoms. The number of nitrogens with zero attached hydrogens (tertiary/aromatic N) is 2. The molecule has 0 aliphatic carbocycles. The van der Waals surface area contributed by atoms with Crippen LogP contribution in [0.5, 0.6) is 17.5 Å². The minimum absolute atomic E-state index is 0.316. The first-order valence-corrected chi connectivity index (χ1v) is 7.05. The average Bonchev–Trinajstić information content (AvgIpc) is 2.48. The minimum atomic E-state index is 0.316. The number of nitrogens with one attached hydrogen (secondary N) is 1. The molecule has 0 spiro atoms. The molecular formula is C14H16BrN3O2. The summed E-state index contributed by atoms with van der Waals surface area (Å²) in [6, 6.07) is 5.77. The van der Waals surface area contributed by atoms with Gasteiger partial charge in [0.1, 0.15) is 11.5 Å². The van der Waals surface area contributed by atoms with Gasteiger partial charge in [0.05, 0.1) is 11.6 Å². The van der Waals surface area contributed by atoms with Gasteiger partial charge < -0.3 is 14.8 Å². The number of ether oxygens (including phenoxy) is 2. The van der Waals surface area contributed by atoms with Crippen molar-refractivity contribution in [3.8, 4) is 17.5 Å². The molecule has 0 unspecified atom stereocenters. The molecule has 0 bridgehead atoms. The van der Waals surface area contributed by atoms with E-state index in [1.807, 2.05) is 12.1 Å². The van der Waals surface area contributed by atoms with E-state index in [2.05, 4.69) is 38.1 Å². The lowest BCUT2D eigenvalue weighted by molar-refractivity contribution is 0.409. The lowest BCUT2D eigenvalue weighted by Gasteiger charge is -2.08. The molecule has 1 aromatic heterocycles. The third kappa shape index (κ3) is 3.91. The van der Waals surface area contributed by atoms with Gasteiger partial charge in [-0.1, -0.05) is 6.92 Å². The summed E-state index contributed by atoms with van der Waals surface area (Å²) >= 11 is 3.42. The summed E-state index contributed by atoms with van der Waals surface area (Å²) in [6.45, 7) is 3.72. The van der Waals surface area contributed by atoms with Crippen LogP contribution in [0.25, 0.3) is 0 Å². The largest absolute Gasteiger partial charge is 0.497 e. The summed E-state index contributed by atoms with van der Waals surface area (Å²) in [5.74, 6) is 1.40. The molecule has 20 heavy (non-hydrogen) atoms. The topological polar surface area (TPSA) is 56.3 Å². The van der Waals surface area contributed by atoms with Crippen molar-refractivity contribution in [1.29, 1.82) is 0 Å². The molecule has 1 aromatic carbocycles. The molecule has 2 rings (SSSR count). The summed E-state index contributed by atoms with van der Waals surface area (Å²) in [7, 11) is 1.62. The Morgan fingerprint density at radius 3 is 2.60 bits per heavy atom. The number of hydrogen-bond donors (Lipinski definition) is 1. The Balaban J connectivity index is 2.06. The smallest absolute Gasteiger partial charge is 0.321 e. The summed E-state index contributed by atoms with van der Waals surface area (Å²) in [4.78, 5) is 8.37. The fraction of sp³-hybridized carbons (Fsp3) is 0.286. The lowest BCUT2D eigenvalue weighted by atomic mass is 10.3. The number of halogens is 1. The molecule has 0 amide bonds. The van der Waals surface area contributed by atoms with Crippen molar-refractivity contribution in [2.75, 3.05) is 13.7 Å². The van der Waals surface area contributed by atoms with E-state index in [0.29, 0.717) is 11.8 Å². The van der Waals surface area contributed by atoms with E-state index in [4.69, 9.17) is 9.47 Å². The highest BCUT2D eigenvalue weighted by atomic mass is 79.9. The van der Waals surface area contributed by atoms with Gasteiger partial charge >= 0.3 is 6.01 Å². The SMILES string of the molecule is CCNCc1cnc(Oc2ccc(OC)cc2Br)nc1. The summed E-state index contributed by atoms with van der Waals surface area (Å²) in [5.41, 5.74) is 1.02. The van der Waals surface area contributed by atoms with Gasteiger partial charge in [-0.05, 0) is 40.7 Å². The van der Waals surface area contributed by atoms with Gasteiger partial charge in [-0.2, -0.15) is 0 Å². The van der Waals surface area contributed by atoms with Gasteiger partial charge in [0.15, 0.2) is 0 Å². The van der Waals surface area contributed by atoms with E-state index in [1.54, 1.807) is 25.6 Å². The Kier molecular flexibility index (Phi) is 5.31. The van der Waals surface area contributed by atoms with Crippen LogP contribution >= 0.6 is 15.9 Å². The number of hydrogen-bond acceptors (Lipinski definition) is 5. The standard InChI is InChI=1S/C14H16BrN3O2/c1-3-16-7-10-8-17-14(18-9-10)20-13-5-4-11(19-2)6-12(13)15/h4-6,8-9,16H,3,7H2,1-2H3. The molecule has 0 fully saturated rings. The van der Waals surface area contributed by atoms with Gasteiger partial charge in [0, 0.05) is 24.5 Å². The van der Waals surface area contributed by atoms with Crippen LogP contribution in [-0.4, -0.2) is 23.6 Å². The maximum absolute atomic E-state index is 5.62. The third-order valence-corrected chi connectivity index (χ3v) is 3.22. The van der Waals surface area contributed by atoms with E-state index in [0.717, 1.165) is 28.9 Å². The van der Waals surface area contributed by atoms with Crippen molar-refractivity contribution in [2.45, 2.75) is 13.5 Å². The van der Waals surface area contributed by atoms with Gasteiger partial charge in [0.2, 0.25) is 0 Å². The Morgan fingerprint density at radius 2 is 2.00 bits per heavy atom. The maximum atomic E-state index is 5.62. The minimum Gasteiger partial charge on any atom is -0.497 e. The van der Waals surface area contributed by atoms with Crippen LogP contribution in [0, 0.1) is 0 Å². The lowest BCUT2D eigenvalue weighted by Crippen LogP contribution is -2.12.